The minimum Gasteiger partial charge on any atom is -0.477 e. The summed E-state index contributed by atoms with van der Waals surface area (Å²) in [4.78, 5) is 4.69. The number of nitriles is 1. The highest BCUT2D eigenvalue weighted by Gasteiger charge is 2.37. The van der Waals surface area contributed by atoms with Gasteiger partial charge in [0.25, 0.3) is 0 Å². The van der Waals surface area contributed by atoms with Crippen LogP contribution in [0, 0.1) is 17.2 Å². The fraction of sp³-hybridized carbons (Fsp3) is 0.500. The molecule has 0 bridgehead atoms. The summed E-state index contributed by atoms with van der Waals surface area (Å²) < 4.78 is 32.5. The smallest absolute Gasteiger partial charge is 0.226 e. The summed E-state index contributed by atoms with van der Waals surface area (Å²) in [6.07, 6.45) is 3.79. The van der Waals surface area contributed by atoms with E-state index in [1.165, 1.54) is 0 Å². The number of benzene rings is 1. The molecule has 10 heteroatoms. The number of nitrogens with one attached hydrogen (secondary N) is 1. The first-order valence-electron chi connectivity index (χ1n) is 12.3. The summed E-state index contributed by atoms with van der Waals surface area (Å²) in [5.74, 6) is 0.568. The van der Waals surface area contributed by atoms with E-state index in [2.05, 4.69) is 23.3 Å². The minimum absolute atomic E-state index is 0.248. The van der Waals surface area contributed by atoms with E-state index in [0.29, 0.717) is 42.2 Å². The first-order valence-corrected chi connectivity index (χ1v) is 13.7. The molecule has 0 spiro atoms. The van der Waals surface area contributed by atoms with Crippen molar-refractivity contribution in [2.45, 2.75) is 75.2 Å². The molecule has 192 valence electrons. The lowest BCUT2D eigenvalue weighted by Gasteiger charge is -2.19. The largest absolute Gasteiger partial charge is 0.477 e. The van der Waals surface area contributed by atoms with Crippen LogP contribution in [0.2, 0.25) is 0 Å². The SMILES string of the molecule is CCCCOc1nccc2c1c(Nc1ccc(S(=O)(=O)C(C)(C)C)cc1)nn2[C@H]1CC(O)C[C@H]1C#N. The predicted molar refractivity (Wildman–Crippen MR) is 138 cm³/mol. The minimum atomic E-state index is -3.47. The lowest BCUT2D eigenvalue weighted by molar-refractivity contribution is 0.176. The van der Waals surface area contributed by atoms with Gasteiger partial charge in [-0.15, -0.1) is 0 Å². The zero-order valence-electron chi connectivity index (χ0n) is 21.1. The molecular formula is C26H33N5O4S. The Balaban J connectivity index is 1.75. The maximum absolute atomic E-state index is 12.8. The summed E-state index contributed by atoms with van der Waals surface area (Å²) in [5.41, 5.74) is 1.41. The third kappa shape index (κ3) is 4.90. The van der Waals surface area contributed by atoms with Gasteiger partial charge in [0.1, 0.15) is 5.39 Å². The van der Waals surface area contributed by atoms with Crippen LogP contribution in [0.5, 0.6) is 5.88 Å². The summed E-state index contributed by atoms with van der Waals surface area (Å²) in [5, 5.41) is 28.7. The molecule has 0 saturated heterocycles. The van der Waals surface area contributed by atoms with E-state index in [0.717, 1.165) is 18.4 Å². The maximum Gasteiger partial charge on any atom is 0.226 e. The molecule has 36 heavy (non-hydrogen) atoms. The molecule has 3 aromatic rings. The van der Waals surface area contributed by atoms with Gasteiger partial charge in [0.15, 0.2) is 15.7 Å². The van der Waals surface area contributed by atoms with Crippen molar-refractivity contribution in [3.8, 4) is 11.9 Å². The van der Waals surface area contributed by atoms with Crippen LogP contribution in [0.4, 0.5) is 11.5 Å². The number of fused-ring (bicyclic) bond motifs is 1. The van der Waals surface area contributed by atoms with Gasteiger partial charge in [0.2, 0.25) is 5.88 Å². The molecule has 1 aromatic carbocycles. The zero-order chi connectivity index (χ0) is 26.1. The quantitative estimate of drug-likeness (QED) is 0.414. The van der Waals surface area contributed by atoms with Gasteiger partial charge in [-0.3, -0.25) is 4.68 Å². The number of pyridine rings is 1. The van der Waals surface area contributed by atoms with Crippen LogP contribution in [-0.2, 0) is 9.84 Å². The van der Waals surface area contributed by atoms with Crippen molar-refractivity contribution in [3.05, 3.63) is 36.5 Å². The number of aliphatic hydroxyl groups excluding tert-OH is 1. The van der Waals surface area contributed by atoms with Crippen molar-refractivity contribution in [2.24, 2.45) is 5.92 Å². The highest BCUT2D eigenvalue weighted by molar-refractivity contribution is 7.92. The van der Waals surface area contributed by atoms with Crippen molar-refractivity contribution in [1.29, 1.82) is 5.26 Å². The second kappa shape index (κ2) is 10.1. The molecule has 3 atom stereocenters. The summed E-state index contributed by atoms with van der Waals surface area (Å²) in [7, 11) is -3.47. The van der Waals surface area contributed by atoms with Gasteiger partial charge in [0, 0.05) is 11.9 Å². The molecule has 4 rings (SSSR count). The van der Waals surface area contributed by atoms with E-state index in [1.807, 2.05) is 6.07 Å². The van der Waals surface area contributed by atoms with Crippen molar-refractivity contribution in [1.82, 2.24) is 14.8 Å². The maximum atomic E-state index is 12.8. The van der Waals surface area contributed by atoms with E-state index in [1.54, 1.807) is 55.9 Å². The predicted octanol–water partition coefficient (Wildman–Crippen LogP) is 4.76. The van der Waals surface area contributed by atoms with Gasteiger partial charge < -0.3 is 15.2 Å². The Hall–Kier alpha value is -3.16. The Labute approximate surface area is 212 Å². The van der Waals surface area contributed by atoms with Crippen LogP contribution in [0.15, 0.2) is 41.4 Å². The number of ether oxygens (including phenoxy) is 1. The fourth-order valence-corrected chi connectivity index (χ4v) is 5.63. The molecule has 1 fully saturated rings. The normalized spacial score (nSPS) is 20.4. The zero-order valence-corrected chi connectivity index (χ0v) is 21.9. The van der Waals surface area contributed by atoms with E-state index in [4.69, 9.17) is 9.84 Å². The Bertz CT molecular complexity index is 1370. The number of hydrogen-bond acceptors (Lipinski definition) is 8. The van der Waals surface area contributed by atoms with E-state index < -0.39 is 20.7 Å². The lowest BCUT2D eigenvalue weighted by Crippen LogP contribution is -2.27. The van der Waals surface area contributed by atoms with Crippen LogP contribution in [0.1, 0.15) is 59.4 Å². The van der Waals surface area contributed by atoms with Crippen LogP contribution in [0.3, 0.4) is 0 Å². The molecule has 0 radical (unpaired) electrons. The average Bonchev–Trinajstić information content (AvgIpc) is 3.39. The Morgan fingerprint density at radius 3 is 2.58 bits per heavy atom. The number of aromatic nitrogens is 3. The van der Waals surface area contributed by atoms with Crippen LogP contribution in [-0.4, -0.2) is 45.7 Å². The molecule has 1 aliphatic carbocycles. The third-order valence-corrected chi connectivity index (χ3v) is 9.04. The molecule has 0 amide bonds. The Kier molecular flexibility index (Phi) is 7.25. The Morgan fingerprint density at radius 2 is 1.94 bits per heavy atom. The summed E-state index contributed by atoms with van der Waals surface area (Å²) in [6.45, 7) is 7.62. The lowest BCUT2D eigenvalue weighted by atomic mass is 10.1. The van der Waals surface area contributed by atoms with Crippen LogP contribution >= 0.6 is 0 Å². The molecule has 1 unspecified atom stereocenters. The van der Waals surface area contributed by atoms with E-state index in [-0.39, 0.29) is 16.9 Å². The van der Waals surface area contributed by atoms with Gasteiger partial charge in [0.05, 0.1) is 45.9 Å². The van der Waals surface area contributed by atoms with Crippen molar-refractivity contribution >= 4 is 32.2 Å². The van der Waals surface area contributed by atoms with Gasteiger partial charge in [-0.1, -0.05) is 13.3 Å². The van der Waals surface area contributed by atoms with Gasteiger partial charge >= 0.3 is 0 Å². The fourth-order valence-electron chi connectivity index (χ4n) is 4.43. The first-order chi connectivity index (χ1) is 17.1. The first kappa shape index (κ1) is 25.9. The third-order valence-electron chi connectivity index (χ3n) is 6.54. The standard InChI is InChI=1S/C26H33N5O4S/c1-5-6-13-35-25-23-21(11-12-28-25)31(22-15-19(32)14-17(22)16-27)30-24(23)29-18-7-9-20(10-8-18)36(33,34)26(2,3)4/h7-12,17,19,22,32H,5-6,13-15H2,1-4H3,(H,29,30)/t17-,19?,22-/m0/s1. The number of unbranched alkanes of at least 4 members (excludes halogenated alkanes) is 1. The number of sulfone groups is 1. The molecule has 1 saturated carbocycles. The monoisotopic (exact) mass is 511 g/mol. The molecule has 1 aliphatic rings. The van der Waals surface area contributed by atoms with Crippen molar-refractivity contribution < 1.29 is 18.3 Å². The number of nitrogens with zero attached hydrogens (tertiary/aromatic N) is 4. The molecule has 2 heterocycles. The van der Waals surface area contributed by atoms with Crippen molar-refractivity contribution in [2.75, 3.05) is 11.9 Å². The van der Waals surface area contributed by atoms with Crippen molar-refractivity contribution in [3.63, 3.8) is 0 Å². The number of hydrogen-bond donors (Lipinski definition) is 2. The van der Waals surface area contributed by atoms with E-state index in [9.17, 15) is 18.8 Å². The van der Waals surface area contributed by atoms with Crippen LogP contribution in [0.25, 0.3) is 10.9 Å². The van der Waals surface area contributed by atoms with Gasteiger partial charge in [-0.05, 0) is 70.4 Å². The second-order valence-corrected chi connectivity index (χ2v) is 12.9. The molecule has 9 nitrogen and oxygen atoms in total. The summed E-state index contributed by atoms with van der Waals surface area (Å²) in [6, 6.07) is 10.4. The average molecular weight is 512 g/mol. The Morgan fingerprint density at radius 1 is 1.22 bits per heavy atom. The highest BCUT2D eigenvalue weighted by atomic mass is 32.2. The molecule has 0 aliphatic heterocycles. The van der Waals surface area contributed by atoms with Crippen LogP contribution < -0.4 is 10.1 Å². The topological polar surface area (TPSA) is 130 Å². The summed E-state index contributed by atoms with van der Waals surface area (Å²) >= 11 is 0. The second-order valence-electron chi connectivity index (χ2n) is 10.2. The van der Waals surface area contributed by atoms with Gasteiger partial charge in [-0.2, -0.15) is 10.4 Å². The van der Waals surface area contributed by atoms with E-state index >= 15 is 0 Å². The molecule has 2 N–H and O–H groups in total. The number of rotatable bonds is 8. The highest BCUT2D eigenvalue weighted by Crippen LogP contribution is 2.41. The number of anilines is 2. The molecule has 2 aromatic heterocycles. The molecular weight excluding hydrogens is 478 g/mol. The van der Waals surface area contributed by atoms with Gasteiger partial charge in [-0.25, -0.2) is 13.4 Å². The number of aliphatic hydroxyl groups is 1.